The molecule has 4 amide bonds. The molecule has 0 aliphatic carbocycles. The third-order valence-electron chi connectivity index (χ3n) is 9.68. The zero-order valence-electron chi connectivity index (χ0n) is 27.4. The average molecular weight is 629 g/mol. The van der Waals surface area contributed by atoms with Crippen molar-refractivity contribution in [2.24, 2.45) is 11.5 Å². The van der Waals surface area contributed by atoms with Crippen molar-refractivity contribution in [2.45, 2.75) is 72.9 Å². The molecule has 4 N–H and O–H groups in total. The number of benzene rings is 4. The van der Waals surface area contributed by atoms with E-state index >= 15 is 0 Å². The number of carbonyl (C=O) groups is 4. The van der Waals surface area contributed by atoms with Gasteiger partial charge in [0.1, 0.15) is 0 Å². The molecule has 0 fully saturated rings. The van der Waals surface area contributed by atoms with Crippen LogP contribution in [0.1, 0.15) is 114 Å². The van der Waals surface area contributed by atoms with E-state index in [0.717, 1.165) is 57.3 Å². The molecular weight excluding hydrogens is 588 g/mol. The average Bonchev–Trinajstić information content (AvgIpc) is 3.49. The lowest BCUT2D eigenvalue weighted by molar-refractivity contribution is 0.0910. The van der Waals surface area contributed by atoms with Gasteiger partial charge in [0.05, 0.1) is 33.6 Å². The van der Waals surface area contributed by atoms with E-state index in [1.807, 2.05) is 50.2 Å². The topological polar surface area (TPSA) is 127 Å². The molecule has 2 heterocycles. The molecule has 6 rings (SSSR count). The minimum absolute atomic E-state index is 0.333. The molecule has 0 unspecified atom stereocenters. The number of fused-ring (bicyclic) bond motifs is 2. The van der Waals surface area contributed by atoms with E-state index in [9.17, 15) is 19.2 Å². The summed E-state index contributed by atoms with van der Waals surface area (Å²) in [7, 11) is 0. The Hall–Kier alpha value is -4.92. The summed E-state index contributed by atoms with van der Waals surface area (Å²) in [6.45, 7) is 8.80. The predicted molar refractivity (Wildman–Crippen MR) is 184 cm³/mol. The molecule has 4 aromatic carbocycles. The van der Waals surface area contributed by atoms with Crippen LogP contribution in [0.3, 0.4) is 0 Å². The summed E-state index contributed by atoms with van der Waals surface area (Å²) in [4.78, 5) is 57.2. The molecule has 0 radical (unpaired) electrons. The first-order valence-electron chi connectivity index (χ1n) is 16.4. The normalized spacial score (nSPS) is 14.0. The van der Waals surface area contributed by atoms with Crippen LogP contribution in [-0.2, 0) is 45.2 Å². The zero-order chi connectivity index (χ0) is 33.6. The third kappa shape index (κ3) is 5.08. The van der Waals surface area contributed by atoms with E-state index in [1.54, 1.807) is 24.3 Å². The quantitative estimate of drug-likeness (QED) is 0.206. The van der Waals surface area contributed by atoms with Gasteiger partial charge in [-0.3, -0.25) is 19.2 Å². The highest BCUT2D eigenvalue weighted by Crippen LogP contribution is 2.37. The van der Waals surface area contributed by atoms with Crippen LogP contribution in [0.5, 0.6) is 0 Å². The van der Waals surface area contributed by atoms with Gasteiger partial charge in [0.15, 0.2) is 0 Å². The highest BCUT2D eigenvalue weighted by molar-refractivity contribution is 6.35. The number of nitrogens with zero attached hydrogens (tertiary/aromatic N) is 2. The second kappa shape index (κ2) is 12.7. The minimum Gasteiger partial charge on any atom is -0.326 e. The molecule has 2 aliphatic heterocycles. The molecule has 0 saturated carbocycles. The molecule has 0 aromatic heterocycles. The van der Waals surface area contributed by atoms with Crippen molar-refractivity contribution in [1.82, 2.24) is 0 Å². The number of carbonyl (C=O) groups excluding carboxylic acids is 4. The van der Waals surface area contributed by atoms with Crippen LogP contribution in [0.25, 0.3) is 0 Å². The van der Waals surface area contributed by atoms with Gasteiger partial charge in [0, 0.05) is 13.1 Å². The van der Waals surface area contributed by atoms with E-state index < -0.39 is 0 Å². The van der Waals surface area contributed by atoms with E-state index in [-0.39, 0.29) is 23.6 Å². The Bertz CT molecular complexity index is 1840. The van der Waals surface area contributed by atoms with E-state index in [1.165, 1.54) is 9.80 Å². The van der Waals surface area contributed by atoms with E-state index in [0.29, 0.717) is 66.0 Å². The summed E-state index contributed by atoms with van der Waals surface area (Å²) >= 11 is 0. The maximum atomic E-state index is 13.8. The Balaban J connectivity index is 1.29. The Morgan fingerprint density at radius 1 is 0.468 bits per heavy atom. The largest absolute Gasteiger partial charge is 0.326 e. The molecule has 8 nitrogen and oxygen atoms in total. The number of anilines is 2. The Kier molecular flexibility index (Phi) is 8.66. The number of amides is 4. The number of imide groups is 2. The highest BCUT2D eigenvalue weighted by Gasteiger charge is 2.40. The fraction of sp³-hybridized carbons (Fsp3) is 0.282. The van der Waals surface area contributed by atoms with Crippen molar-refractivity contribution < 1.29 is 19.2 Å². The fourth-order valence-electron chi connectivity index (χ4n) is 7.31. The first-order chi connectivity index (χ1) is 22.7. The summed E-state index contributed by atoms with van der Waals surface area (Å²) in [5, 5.41) is 0. The van der Waals surface area contributed by atoms with Crippen LogP contribution < -0.4 is 21.3 Å². The fourth-order valence-corrected chi connectivity index (χ4v) is 7.31. The van der Waals surface area contributed by atoms with Gasteiger partial charge in [-0.1, -0.05) is 52.0 Å². The van der Waals surface area contributed by atoms with Gasteiger partial charge in [-0.05, 0) is 113 Å². The van der Waals surface area contributed by atoms with Crippen molar-refractivity contribution in [3.8, 4) is 0 Å². The second-order valence-corrected chi connectivity index (χ2v) is 12.1. The Morgan fingerprint density at radius 3 is 1.19 bits per heavy atom. The van der Waals surface area contributed by atoms with Crippen LogP contribution in [0, 0.1) is 0 Å². The number of aryl methyl sites for hydroxylation is 2. The SMILES string of the molecule is CCc1ccc(N2C(=O)c3ccc(Cc4ccc5c(c4)C(=O)N(c4ccc(CC)c(CN)c4CC)C5=O)cc3C2=O)c(CC)c1CN. The highest BCUT2D eigenvalue weighted by atomic mass is 16.2. The maximum Gasteiger partial charge on any atom is 0.266 e. The molecule has 8 heteroatoms. The van der Waals surface area contributed by atoms with Crippen LogP contribution in [0.2, 0.25) is 0 Å². The maximum absolute atomic E-state index is 13.8. The molecule has 47 heavy (non-hydrogen) atoms. The van der Waals surface area contributed by atoms with Gasteiger partial charge < -0.3 is 11.5 Å². The van der Waals surface area contributed by atoms with Crippen molar-refractivity contribution in [1.29, 1.82) is 0 Å². The molecule has 2 aliphatic rings. The summed E-state index contributed by atoms with van der Waals surface area (Å²) in [6.07, 6.45) is 3.32. The summed E-state index contributed by atoms with van der Waals surface area (Å²) in [6, 6.07) is 18.2. The smallest absolute Gasteiger partial charge is 0.266 e. The Morgan fingerprint density at radius 2 is 0.851 bits per heavy atom. The number of nitrogens with two attached hydrogens (primary N) is 2. The third-order valence-corrected chi connectivity index (χ3v) is 9.68. The van der Waals surface area contributed by atoms with E-state index in [4.69, 9.17) is 11.5 Å². The summed E-state index contributed by atoms with van der Waals surface area (Å²) in [5.41, 5.74) is 22.4. The van der Waals surface area contributed by atoms with Gasteiger partial charge in [0.2, 0.25) is 0 Å². The van der Waals surface area contributed by atoms with Crippen molar-refractivity contribution >= 4 is 35.0 Å². The summed E-state index contributed by atoms with van der Waals surface area (Å²) < 4.78 is 0. The molecule has 0 bridgehead atoms. The number of rotatable bonds is 10. The van der Waals surface area contributed by atoms with Crippen LogP contribution in [-0.4, -0.2) is 23.6 Å². The summed E-state index contributed by atoms with van der Waals surface area (Å²) in [5.74, 6) is -1.43. The van der Waals surface area contributed by atoms with Crippen LogP contribution in [0.15, 0.2) is 60.7 Å². The van der Waals surface area contributed by atoms with Gasteiger partial charge in [-0.15, -0.1) is 0 Å². The van der Waals surface area contributed by atoms with Crippen molar-refractivity contribution in [3.05, 3.63) is 127 Å². The lowest BCUT2D eigenvalue weighted by atomic mass is 9.95. The second-order valence-electron chi connectivity index (χ2n) is 12.1. The van der Waals surface area contributed by atoms with Crippen molar-refractivity contribution in [3.63, 3.8) is 0 Å². The molecule has 240 valence electrons. The first-order valence-corrected chi connectivity index (χ1v) is 16.4. The number of hydrogen-bond donors (Lipinski definition) is 2. The molecule has 0 saturated heterocycles. The minimum atomic E-state index is -0.364. The lowest BCUT2D eigenvalue weighted by Gasteiger charge is -2.22. The molecular formula is C39H40N4O4. The van der Waals surface area contributed by atoms with Gasteiger partial charge in [0.25, 0.3) is 23.6 Å². The van der Waals surface area contributed by atoms with Gasteiger partial charge >= 0.3 is 0 Å². The van der Waals surface area contributed by atoms with Crippen LogP contribution in [0.4, 0.5) is 11.4 Å². The van der Waals surface area contributed by atoms with Crippen LogP contribution >= 0.6 is 0 Å². The standard InChI is InChI=1S/C39H40N4O4/c1-5-24-11-15-34(26(7-3)32(24)20-40)42-36(44)28-13-9-22(18-30(28)38(42)46)17-23-10-14-29-31(19-23)39(47)43(37(29)45)35-16-12-25(6-2)33(21-41)27(35)8-4/h9-16,18-19H,5-8,17,20-21,40-41H2,1-4H3. The first kappa shape index (κ1) is 32.0. The zero-order valence-corrected chi connectivity index (χ0v) is 27.4. The number of hydrogen-bond acceptors (Lipinski definition) is 6. The predicted octanol–water partition coefficient (Wildman–Crippen LogP) is 6.05. The van der Waals surface area contributed by atoms with Crippen molar-refractivity contribution in [2.75, 3.05) is 9.80 Å². The molecule has 4 aromatic rings. The molecule has 0 atom stereocenters. The lowest BCUT2D eigenvalue weighted by Crippen LogP contribution is -2.31. The monoisotopic (exact) mass is 628 g/mol. The molecule has 0 spiro atoms. The van der Waals surface area contributed by atoms with Gasteiger partial charge in [-0.2, -0.15) is 0 Å². The van der Waals surface area contributed by atoms with E-state index in [2.05, 4.69) is 13.8 Å². The Labute approximate surface area is 275 Å². The van der Waals surface area contributed by atoms with Gasteiger partial charge in [-0.25, -0.2) is 9.80 Å².